The van der Waals surface area contributed by atoms with Crippen molar-refractivity contribution in [3.8, 4) is 0 Å². The number of aryl methyl sites for hydroxylation is 1. The number of aromatic nitrogens is 4. The first-order chi connectivity index (χ1) is 7.67. The lowest BCUT2D eigenvalue weighted by Crippen LogP contribution is -1.98. The number of halogens is 1. The molecule has 0 unspecified atom stereocenters. The minimum absolute atomic E-state index is 0.755. The summed E-state index contributed by atoms with van der Waals surface area (Å²) in [6.45, 7) is 1.93. The van der Waals surface area contributed by atoms with Crippen LogP contribution in [0.2, 0.25) is 0 Å². The number of rotatable bonds is 3. The van der Waals surface area contributed by atoms with Gasteiger partial charge in [0.25, 0.3) is 0 Å². The van der Waals surface area contributed by atoms with Crippen molar-refractivity contribution in [1.29, 1.82) is 0 Å². The van der Waals surface area contributed by atoms with Gasteiger partial charge in [0.2, 0.25) is 0 Å². The summed E-state index contributed by atoms with van der Waals surface area (Å²) < 4.78 is 0.913. The van der Waals surface area contributed by atoms with Gasteiger partial charge in [0.1, 0.15) is 15.3 Å². The van der Waals surface area contributed by atoms with E-state index in [1.807, 2.05) is 25.3 Å². The number of nitrogens with one attached hydrogen (secondary N) is 2. The van der Waals surface area contributed by atoms with E-state index in [4.69, 9.17) is 0 Å². The second-order valence-electron chi connectivity index (χ2n) is 3.11. The predicted octanol–water partition coefficient (Wildman–Crippen LogP) is 2.58. The molecule has 0 amide bonds. The number of thioether (sulfide) groups is 1. The first-order valence-electron chi connectivity index (χ1n) is 4.55. The average molecular weight is 347 g/mol. The molecule has 0 bridgehead atoms. The summed E-state index contributed by atoms with van der Waals surface area (Å²) in [5.74, 6) is 1.60. The molecule has 0 aromatic carbocycles. The van der Waals surface area contributed by atoms with E-state index >= 15 is 0 Å². The van der Waals surface area contributed by atoms with Gasteiger partial charge in [0.15, 0.2) is 5.16 Å². The Morgan fingerprint density at radius 2 is 2.19 bits per heavy atom. The molecule has 0 aliphatic rings. The highest BCUT2D eigenvalue weighted by molar-refractivity contribution is 14.1. The van der Waals surface area contributed by atoms with Gasteiger partial charge in [-0.25, -0.2) is 9.97 Å². The smallest absolute Gasteiger partial charge is 0.190 e. The highest BCUT2D eigenvalue weighted by atomic mass is 127. The Labute approximate surface area is 111 Å². The lowest BCUT2D eigenvalue weighted by molar-refractivity contribution is 0.952. The largest absolute Gasteiger partial charge is 0.325 e. The van der Waals surface area contributed by atoms with Crippen LogP contribution in [0.3, 0.4) is 0 Å². The quantitative estimate of drug-likeness (QED) is 0.387. The van der Waals surface area contributed by atoms with Gasteiger partial charge in [-0.05, 0) is 35.8 Å². The summed E-state index contributed by atoms with van der Waals surface area (Å²) in [4.78, 5) is 8.62. The highest BCUT2D eigenvalue weighted by Gasteiger charge is 2.03. The Bertz CT molecular complexity index is 498. The van der Waals surface area contributed by atoms with Crippen LogP contribution in [0.1, 0.15) is 5.69 Å². The lowest BCUT2D eigenvalue weighted by atomic mass is 10.4. The van der Waals surface area contributed by atoms with Gasteiger partial charge < -0.3 is 5.32 Å². The van der Waals surface area contributed by atoms with E-state index in [0.717, 1.165) is 26.2 Å². The molecule has 0 saturated heterocycles. The molecular formula is C9H10IN5S. The fourth-order valence-corrected chi connectivity index (χ4v) is 2.24. The normalized spacial score (nSPS) is 10.4. The molecule has 5 nitrogen and oxygen atoms in total. The van der Waals surface area contributed by atoms with Crippen LogP contribution in [0, 0.1) is 10.6 Å². The molecule has 0 spiro atoms. The van der Waals surface area contributed by atoms with Gasteiger partial charge in [-0.2, -0.15) is 5.10 Å². The van der Waals surface area contributed by atoms with Crippen molar-refractivity contribution in [2.24, 2.45) is 0 Å². The Morgan fingerprint density at radius 3 is 2.81 bits per heavy atom. The number of H-pyrrole nitrogens is 1. The Balaban J connectivity index is 2.24. The number of anilines is 2. The van der Waals surface area contributed by atoms with Gasteiger partial charge >= 0.3 is 0 Å². The zero-order chi connectivity index (χ0) is 11.5. The Hall–Kier alpha value is -0.830. The van der Waals surface area contributed by atoms with Crippen molar-refractivity contribution in [3.63, 3.8) is 0 Å². The highest BCUT2D eigenvalue weighted by Crippen LogP contribution is 2.18. The lowest BCUT2D eigenvalue weighted by Gasteiger charge is -2.04. The topological polar surface area (TPSA) is 66.5 Å². The molecule has 84 valence electrons. The Kier molecular flexibility index (Phi) is 3.64. The van der Waals surface area contributed by atoms with Crippen molar-refractivity contribution < 1.29 is 0 Å². The third-order valence-electron chi connectivity index (χ3n) is 1.83. The van der Waals surface area contributed by atoms with Crippen LogP contribution in [-0.4, -0.2) is 26.4 Å². The van der Waals surface area contributed by atoms with Crippen LogP contribution in [0.4, 0.5) is 11.6 Å². The van der Waals surface area contributed by atoms with Crippen molar-refractivity contribution in [3.05, 3.63) is 21.5 Å². The second kappa shape index (κ2) is 5.00. The van der Waals surface area contributed by atoms with E-state index in [1.165, 1.54) is 11.8 Å². The fourth-order valence-electron chi connectivity index (χ4n) is 1.18. The summed E-state index contributed by atoms with van der Waals surface area (Å²) >= 11 is 3.69. The van der Waals surface area contributed by atoms with Gasteiger partial charge in [-0.3, -0.25) is 5.10 Å². The molecule has 2 aromatic heterocycles. The summed E-state index contributed by atoms with van der Waals surface area (Å²) in [6, 6.07) is 3.81. The first kappa shape index (κ1) is 11.6. The molecule has 0 radical (unpaired) electrons. The molecule has 2 heterocycles. The molecule has 0 aliphatic carbocycles. The van der Waals surface area contributed by atoms with E-state index in [2.05, 4.69) is 48.1 Å². The number of hydrogen-bond donors (Lipinski definition) is 2. The third-order valence-corrected chi connectivity index (χ3v) is 2.93. The van der Waals surface area contributed by atoms with Crippen LogP contribution in [-0.2, 0) is 0 Å². The molecule has 2 rings (SSSR count). The molecule has 2 aromatic rings. The standard InChI is InChI=1S/C9H10IN5S/c1-5-3-8(15-14-5)12-7-4-6(10)11-9(13-7)16-2/h3-4H,1-2H3,(H2,11,12,13,14,15). The second-order valence-corrected chi connectivity index (χ2v) is 4.99. The maximum Gasteiger partial charge on any atom is 0.190 e. The zero-order valence-corrected chi connectivity index (χ0v) is 11.8. The summed E-state index contributed by atoms with van der Waals surface area (Å²) in [7, 11) is 0. The SMILES string of the molecule is CSc1nc(I)cc(Nc2cc(C)n[nH]2)n1. The zero-order valence-electron chi connectivity index (χ0n) is 8.78. The van der Waals surface area contributed by atoms with Gasteiger partial charge in [0.05, 0.1) is 5.69 Å². The van der Waals surface area contributed by atoms with Gasteiger partial charge in [0, 0.05) is 12.1 Å². The summed E-state index contributed by atoms with van der Waals surface area (Å²) in [6.07, 6.45) is 1.95. The van der Waals surface area contributed by atoms with E-state index in [9.17, 15) is 0 Å². The van der Waals surface area contributed by atoms with E-state index in [0.29, 0.717) is 0 Å². The maximum atomic E-state index is 4.34. The van der Waals surface area contributed by atoms with Gasteiger partial charge in [-0.15, -0.1) is 0 Å². The average Bonchev–Trinajstić information content (AvgIpc) is 2.63. The third kappa shape index (κ3) is 2.85. The van der Waals surface area contributed by atoms with Crippen molar-refractivity contribution in [1.82, 2.24) is 20.2 Å². The van der Waals surface area contributed by atoms with Crippen LogP contribution < -0.4 is 5.32 Å². The van der Waals surface area contributed by atoms with Crippen LogP contribution in [0.5, 0.6) is 0 Å². The van der Waals surface area contributed by atoms with Crippen LogP contribution >= 0.6 is 34.4 Å². The van der Waals surface area contributed by atoms with Crippen molar-refractivity contribution in [2.75, 3.05) is 11.6 Å². The van der Waals surface area contributed by atoms with Crippen LogP contribution in [0.15, 0.2) is 17.3 Å². The van der Waals surface area contributed by atoms with E-state index in [-0.39, 0.29) is 0 Å². The molecule has 16 heavy (non-hydrogen) atoms. The fraction of sp³-hybridized carbons (Fsp3) is 0.222. The predicted molar refractivity (Wildman–Crippen MR) is 73.1 cm³/mol. The maximum absolute atomic E-state index is 4.34. The molecule has 0 aliphatic heterocycles. The molecule has 0 saturated carbocycles. The van der Waals surface area contributed by atoms with Gasteiger partial charge in [-0.1, -0.05) is 11.8 Å². The Morgan fingerprint density at radius 1 is 1.38 bits per heavy atom. The summed E-state index contributed by atoms with van der Waals surface area (Å²) in [5, 5.41) is 10.8. The number of aromatic amines is 1. The van der Waals surface area contributed by atoms with Crippen molar-refractivity contribution in [2.45, 2.75) is 12.1 Å². The van der Waals surface area contributed by atoms with Crippen molar-refractivity contribution >= 4 is 46.0 Å². The van der Waals surface area contributed by atoms with Crippen LogP contribution in [0.25, 0.3) is 0 Å². The molecular weight excluding hydrogens is 337 g/mol. The first-order valence-corrected chi connectivity index (χ1v) is 6.85. The number of hydrogen-bond acceptors (Lipinski definition) is 5. The van der Waals surface area contributed by atoms with E-state index in [1.54, 1.807) is 0 Å². The molecule has 0 fully saturated rings. The molecule has 0 atom stereocenters. The summed E-state index contributed by atoms with van der Waals surface area (Å²) in [5.41, 5.74) is 0.941. The molecule has 7 heteroatoms. The van der Waals surface area contributed by atoms with E-state index < -0.39 is 0 Å². The monoisotopic (exact) mass is 347 g/mol. The minimum Gasteiger partial charge on any atom is -0.325 e. The minimum atomic E-state index is 0.755. The molecule has 2 N–H and O–H groups in total. The number of nitrogens with zero attached hydrogens (tertiary/aromatic N) is 3.